The summed E-state index contributed by atoms with van der Waals surface area (Å²) in [6.07, 6.45) is 1.33. The van der Waals surface area contributed by atoms with Gasteiger partial charge in [0.1, 0.15) is 11.8 Å². The Kier molecular flexibility index (Phi) is 5.88. The van der Waals surface area contributed by atoms with E-state index in [1.54, 1.807) is 7.11 Å². The number of carbonyl (C=O) groups is 2. The third kappa shape index (κ3) is 4.29. The molecule has 0 aromatic heterocycles. The molecule has 25 heavy (non-hydrogen) atoms. The zero-order chi connectivity index (χ0) is 17.6. The van der Waals surface area contributed by atoms with Crippen molar-refractivity contribution in [2.45, 2.75) is 18.9 Å². The second-order valence-electron chi connectivity index (χ2n) is 6.37. The van der Waals surface area contributed by atoms with Crippen LogP contribution in [0, 0.1) is 5.92 Å². The number of ether oxygens (including phenoxy) is 2. The third-order valence-corrected chi connectivity index (χ3v) is 4.76. The number of nitrogens with one attached hydrogen (secondary N) is 2. The van der Waals surface area contributed by atoms with Crippen molar-refractivity contribution in [1.29, 1.82) is 0 Å². The van der Waals surface area contributed by atoms with Crippen molar-refractivity contribution in [2.24, 2.45) is 5.92 Å². The highest BCUT2D eigenvalue weighted by atomic mass is 16.5. The van der Waals surface area contributed by atoms with Gasteiger partial charge >= 0.3 is 0 Å². The highest BCUT2D eigenvalue weighted by Crippen LogP contribution is 2.26. The molecule has 2 fully saturated rings. The Labute approximate surface area is 147 Å². The summed E-state index contributed by atoms with van der Waals surface area (Å²) >= 11 is 0. The van der Waals surface area contributed by atoms with E-state index in [0.717, 1.165) is 0 Å². The van der Waals surface area contributed by atoms with E-state index in [1.807, 2.05) is 29.2 Å². The molecular weight excluding hydrogens is 322 g/mol. The van der Waals surface area contributed by atoms with Crippen molar-refractivity contribution >= 4 is 17.5 Å². The van der Waals surface area contributed by atoms with Gasteiger partial charge in [-0.1, -0.05) is 12.1 Å². The molecule has 0 aliphatic carbocycles. The van der Waals surface area contributed by atoms with E-state index < -0.39 is 0 Å². The zero-order valence-electron chi connectivity index (χ0n) is 14.5. The Morgan fingerprint density at radius 1 is 1.28 bits per heavy atom. The Morgan fingerprint density at radius 2 is 2.04 bits per heavy atom. The molecule has 1 unspecified atom stereocenters. The summed E-state index contributed by atoms with van der Waals surface area (Å²) in [5.41, 5.74) is 0.678. The number of hydrogen-bond acceptors (Lipinski definition) is 5. The molecule has 3 rings (SSSR count). The highest BCUT2D eigenvalue weighted by Gasteiger charge is 2.31. The third-order valence-electron chi connectivity index (χ3n) is 4.76. The number of benzene rings is 1. The topological polar surface area (TPSA) is 79.9 Å². The monoisotopic (exact) mass is 347 g/mol. The molecular formula is C18H25N3O4. The van der Waals surface area contributed by atoms with Crippen molar-refractivity contribution in [3.63, 3.8) is 0 Å². The minimum absolute atomic E-state index is 0.0178. The van der Waals surface area contributed by atoms with Gasteiger partial charge in [-0.2, -0.15) is 0 Å². The Balaban J connectivity index is 1.51. The minimum atomic E-state index is -0.257. The number of rotatable bonds is 4. The van der Waals surface area contributed by atoms with Gasteiger partial charge in [-0.25, -0.2) is 0 Å². The van der Waals surface area contributed by atoms with Gasteiger partial charge in [-0.15, -0.1) is 0 Å². The van der Waals surface area contributed by atoms with E-state index in [2.05, 4.69) is 10.6 Å². The molecule has 2 aliphatic heterocycles. The Hall–Kier alpha value is -2.12. The normalized spacial score (nSPS) is 21.6. The molecule has 0 radical (unpaired) electrons. The number of carbonyl (C=O) groups excluding carboxylic acids is 2. The second kappa shape index (κ2) is 8.31. The maximum atomic E-state index is 12.5. The molecule has 136 valence electrons. The molecule has 0 saturated carbocycles. The van der Waals surface area contributed by atoms with E-state index in [4.69, 9.17) is 9.47 Å². The van der Waals surface area contributed by atoms with E-state index in [1.165, 1.54) is 0 Å². The first-order chi connectivity index (χ1) is 12.2. The molecule has 0 bridgehead atoms. The van der Waals surface area contributed by atoms with Crippen molar-refractivity contribution in [1.82, 2.24) is 10.2 Å². The molecule has 2 N–H and O–H groups in total. The standard InChI is InChI=1S/C18H25N3O4/c1-24-16-5-3-2-4-14(16)20-17(22)13-6-9-21(10-7-13)18(23)15-12-25-11-8-19-15/h2-5,13,15,19H,6-12H2,1H3,(H,20,22). The summed E-state index contributed by atoms with van der Waals surface area (Å²) in [7, 11) is 1.58. The van der Waals surface area contributed by atoms with Gasteiger partial charge in [-0.3, -0.25) is 9.59 Å². The lowest BCUT2D eigenvalue weighted by atomic mass is 9.95. The maximum Gasteiger partial charge on any atom is 0.242 e. The van der Waals surface area contributed by atoms with Gasteiger partial charge in [0, 0.05) is 25.6 Å². The van der Waals surface area contributed by atoms with Crippen LogP contribution < -0.4 is 15.4 Å². The van der Waals surface area contributed by atoms with Crippen LogP contribution in [0.1, 0.15) is 12.8 Å². The number of morpholine rings is 1. The molecule has 2 heterocycles. The van der Waals surface area contributed by atoms with Gasteiger partial charge in [0.2, 0.25) is 11.8 Å². The lowest BCUT2D eigenvalue weighted by Gasteiger charge is -2.35. The van der Waals surface area contributed by atoms with Crippen molar-refractivity contribution in [3.8, 4) is 5.75 Å². The van der Waals surface area contributed by atoms with Crippen LogP contribution in [0.2, 0.25) is 0 Å². The molecule has 0 spiro atoms. The molecule has 2 amide bonds. The van der Waals surface area contributed by atoms with Gasteiger partial charge in [0.15, 0.2) is 0 Å². The number of hydrogen-bond donors (Lipinski definition) is 2. The van der Waals surface area contributed by atoms with Gasteiger partial charge < -0.3 is 25.0 Å². The van der Waals surface area contributed by atoms with Crippen LogP contribution in [0.5, 0.6) is 5.75 Å². The van der Waals surface area contributed by atoms with E-state index in [-0.39, 0.29) is 23.8 Å². The molecule has 2 saturated heterocycles. The minimum Gasteiger partial charge on any atom is -0.495 e. The average molecular weight is 347 g/mol. The van der Waals surface area contributed by atoms with Crippen LogP contribution >= 0.6 is 0 Å². The number of para-hydroxylation sites is 2. The summed E-state index contributed by atoms with van der Waals surface area (Å²) in [5, 5.41) is 6.12. The first-order valence-corrected chi connectivity index (χ1v) is 8.73. The van der Waals surface area contributed by atoms with Crippen LogP contribution in [-0.4, -0.2) is 62.7 Å². The number of piperidine rings is 1. The molecule has 2 aliphatic rings. The quantitative estimate of drug-likeness (QED) is 0.845. The summed E-state index contributed by atoms with van der Waals surface area (Å²) in [4.78, 5) is 26.8. The molecule has 7 heteroatoms. The summed E-state index contributed by atoms with van der Waals surface area (Å²) in [6, 6.07) is 7.10. The number of likely N-dealkylation sites (tertiary alicyclic amines) is 1. The highest BCUT2D eigenvalue weighted by molar-refractivity contribution is 5.94. The van der Waals surface area contributed by atoms with Crippen LogP contribution in [0.15, 0.2) is 24.3 Å². The van der Waals surface area contributed by atoms with E-state index >= 15 is 0 Å². The number of nitrogens with zero attached hydrogens (tertiary/aromatic N) is 1. The van der Waals surface area contributed by atoms with Gasteiger partial charge in [0.05, 0.1) is 26.0 Å². The summed E-state index contributed by atoms with van der Waals surface area (Å²) < 4.78 is 10.6. The first-order valence-electron chi connectivity index (χ1n) is 8.73. The summed E-state index contributed by atoms with van der Waals surface area (Å²) in [5.74, 6) is 0.607. The number of methoxy groups -OCH3 is 1. The largest absolute Gasteiger partial charge is 0.495 e. The van der Waals surface area contributed by atoms with Crippen molar-refractivity contribution in [3.05, 3.63) is 24.3 Å². The predicted molar refractivity (Wildman–Crippen MR) is 93.5 cm³/mol. The molecule has 1 aromatic carbocycles. The van der Waals surface area contributed by atoms with Gasteiger partial charge in [0.25, 0.3) is 0 Å². The number of anilines is 1. The zero-order valence-corrected chi connectivity index (χ0v) is 14.5. The fourth-order valence-electron chi connectivity index (χ4n) is 3.29. The summed E-state index contributed by atoms with van der Waals surface area (Å²) in [6.45, 7) is 2.97. The Morgan fingerprint density at radius 3 is 2.72 bits per heavy atom. The van der Waals surface area contributed by atoms with Crippen LogP contribution in [0.4, 0.5) is 5.69 Å². The van der Waals surface area contributed by atoms with Crippen LogP contribution in [0.3, 0.4) is 0 Å². The average Bonchev–Trinajstić information content (AvgIpc) is 2.68. The lowest BCUT2D eigenvalue weighted by Crippen LogP contribution is -2.54. The fraction of sp³-hybridized carbons (Fsp3) is 0.556. The second-order valence-corrected chi connectivity index (χ2v) is 6.37. The maximum absolute atomic E-state index is 12.5. The molecule has 1 aromatic rings. The molecule has 7 nitrogen and oxygen atoms in total. The fourth-order valence-corrected chi connectivity index (χ4v) is 3.29. The lowest BCUT2D eigenvalue weighted by molar-refractivity contribution is -0.139. The smallest absolute Gasteiger partial charge is 0.242 e. The predicted octanol–water partition coefficient (Wildman–Crippen LogP) is 0.861. The van der Waals surface area contributed by atoms with E-state index in [0.29, 0.717) is 57.1 Å². The first kappa shape index (κ1) is 17.7. The van der Waals surface area contributed by atoms with Gasteiger partial charge in [-0.05, 0) is 25.0 Å². The van der Waals surface area contributed by atoms with Crippen molar-refractivity contribution in [2.75, 3.05) is 45.3 Å². The van der Waals surface area contributed by atoms with Crippen LogP contribution in [-0.2, 0) is 14.3 Å². The van der Waals surface area contributed by atoms with Crippen molar-refractivity contribution < 1.29 is 19.1 Å². The van der Waals surface area contributed by atoms with E-state index in [9.17, 15) is 9.59 Å². The SMILES string of the molecule is COc1ccccc1NC(=O)C1CCN(C(=O)C2COCCN2)CC1. The Bertz CT molecular complexity index is 608. The number of amides is 2. The molecule has 1 atom stereocenters. The van der Waals surface area contributed by atoms with Crippen LogP contribution in [0.25, 0.3) is 0 Å².